The van der Waals surface area contributed by atoms with E-state index in [-0.39, 0.29) is 26.1 Å². The minimum absolute atomic E-state index is 0.226. The zero-order valence-corrected chi connectivity index (χ0v) is 45.1. The summed E-state index contributed by atoms with van der Waals surface area (Å²) in [6.07, 6.45) is 51.0. The molecule has 408 valence electrons. The number of rotatable bonds is 52. The third-order valence-corrected chi connectivity index (χ3v) is 14.2. The van der Waals surface area contributed by atoms with E-state index in [2.05, 4.69) is 26.0 Å². The number of ether oxygens (including phenoxy) is 4. The summed E-state index contributed by atoms with van der Waals surface area (Å²) in [5.74, 6) is -0.823. The van der Waals surface area contributed by atoms with Gasteiger partial charge in [0.25, 0.3) is 0 Å². The molecule has 0 bridgehead atoms. The van der Waals surface area contributed by atoms with Crippen molar-refractivity contribution in [2.45, 2.75) is 333 Å². The van der Waals surface area contributed by atoms with Crippen molar-refractivity contribution in [1.29, 1.82) is 0 Å². The average molecular weight is 982 g/mol. The van der Waals surface area contributed by atoms with Gasteiger partial charge in [0.1, 0.15) is 31.0 Å². The first-order valence-corrected chi connectivity index (χ1v) is 29.8. The largest absolute Gasteiger partial charge is 0.462 e. The Bertz CT molecular complexity index is 1130. The highest BCUT2D eigenvalue weighted by atomic mass is 16.7. The third kappa shape index (κ3) is 40.6. The highest BCUT2D eigenvalue weighted by Gasteiger charge is 2.44. The van der Waals surface area contributed by atoms with E-state index in [0.29, 0.717) is 12.8 Å². The third-order valence-electron chi connectivity index (χ3n) is 14.2. The number of allylic oxidation sites excluding steroid dienone is 2. The van der Waals surface area contributed by atoms with E-state index in [4.69, 9.17) is 18.9 Å². The molecule has 10 nitrogen and oxygen atoms in total. The zero-order valence-electron chi connectivity index (χ0n) is 45.1. The van der Waals surface area contributed by atoms with Crippen molar-refractivity contribution >= 4 is 11.9 Å². The van der Waals surface area contributed by atoms with E-state index in [1.54, 1.807) is 0 Å². The second-order valence-corrected chi connectivity index (χ2v) is 20.8. The smallest absolute Gasteiger partial charge is 0.306 e. The number of esters is 2. The maximum absolute atomic E-state index is 12.9. The molecule has 6 atom stereocenters. The predicted molar refractivity (Wildman–Crippen MR) is 284 cm³/mol. The van der Waals surface area contributed by atoms with Crippen molar-refractivity contribution in [3.05, 3.63) is 12.2 Å². The van der Waals surface area contributed by atoms with E-state index in [1.165, 1.54) is 225 Å². The van der Waals surface area contributed by atoms with Crippen molar-refractivity contribution in [2.75, 3.05) is 19.8 Å². The SMILES string of the molecule is CCCCCCCCCCCCCCCCCCCC/C=C/CCCC(=O)OC[C@@H](CO[C@H]1O[C@@H](CO)[C@@H](O)C(O)C1O)OC(=O)CCCCCCCCCCCCCCCCCCCCCCC. The summed E-state index contributed by atoms with van der Waals surface area (Å²) in [7, 11) is 0. The van der Waals surface area contributed by atoms with Crippen LogP contribution in [0.15, 0.2) is 12.2 Å². The Hall–Kier alpha value is -1.56. The van der Waals surface area contributed by atoms with Gasteiger partial charge in [0, 0.05) is 12.8 Å². The van der Waals surface area contributed by atoms with Crippen LogP contribution in [-0.4, -0.2) is 89.0 Å². The molecule has 0 aromatic rings. The molecule has 0 saturated carbocycles. The maximum Gasteiger partial charge on any atom is 0.306 e. The van der Waals surface area contributed by atoms with Gasteiger partial charge in [0.2, 0.25) is 0 Å². The van der Waals surface area contributed by atoms with Crippen LogP contribution in [0.1, 0.15) is 296 Å². The van der Waals surface area contributed by atoms with Crippen molar-refractivity contribution in [2.24, 2.45) is 0 Å². The highest BCUT2D eigenvalue weighted by Crippen LogP contribution is 2.23. The number of hydrogen-bond donors (Lipinski definition) is 4. The summed E-state index contributed by atoms with van der Waals surface area (Å²) in [4.78, 5) is 25.5. The van der Waals surface area contributed by atoms with Crippen LogP contribution in [0.4, 0.5) is 0 Å². The topological polar surface area (TPSA) is 152 Å². The van der Waals surface area contributed by atoms with Crippen LogP contribution in [0, 0.1) is 0 Å². The Morgan fingerprint density at radius 1 is 0.435 bits per heavy atom. The van der Waals surface area contributed by atoms with Gasteiger partial charge in [-0.15, -0.1) is 0 Å². The molecule has 0 amide bonds. The lowest BCUT2D eigenvalue weighted by Crippen LogP contribution is -2.59. The van der Waals surface area contributed by atoms with Crippen LogP contribution in [0.5, 0.6) is 0 Å². The van der Waals surface area contributed by atoms with Gasteiger partial charge in [-0.1, -0.05) is 264 Å². The van der Waals surface area contributed by atoms with E-state index in [9.17, 15) is 30.0 Å². The van der Waals surface area contributed by atoms with Crippen molar-refractivity contribution < 1.29 is 49.0 Å². The molecule has 69 heavy (non-hydrogen) atoms. The lowest BCUT2D eigenvalue weighted by Gasteiger charge is -2.39. The summed E-state index contributed by atoms with van der Waals surface area (Å²) in [5, 5.41) is 40.3. The summed E-state index contributed by atoms with van der Waals surface area (Å²) in [6.45, 7) is 3.47. The zero-order chi connectivity index (χ0) is 50.1. The van der Waals surface area contributed by atoms with Gasteiger partial charge in [0.15, 0.2) is 12.4 Å². The van der Waals surface area contributed by atoms with Gasteiger partial charge in [-0.3, -0.25) is 9.59 Å². The molecule has 0 radical (unpaired) electrons. The fourth-order valence-corrected chi connectivity index (χ4v) is 9.49. The molecule has 1 aliphatic heterocycles. The lowest BCUT2D eigenvalue weighted by atomic mass is 9.99. The van der Waals surface area contributed by atoms with E-state index in [1.807, 2.05) is 0 Å². The second kappa shape index (κ2) is 50.0. The number of aliphatic hydroxyl groups is 4. The van der Waals surface area contributed by atoms with Crippen LogP contribution in [-0.2, 0) is 28.5 Å². The summed E-state index contributed by atoms with van der Waals surface area (Å²) in [5.41, 5.74) is 0. The number of carbonyl (C=O) groups excluding carboxylic acids is 2. The minimum atomic E-state index is -1.60. The minimum Gasteiger partial charge on any atom is -0.462 e. The number of hydrogen-bond acceptors (Lipinski definition) is 10. The van der Waals surface area contributed by atoms with Crippen LogP contribution < -0.4 is 0 Å². The quantitative estimate of drug-likeness (QED) is 0.0263. The first-order chi connectivity index (χ1) is 33.8. The molecule has 1 aliphatic rings. The van der Waals surface area contributed by atoms with Crippen LogP contribution in [0.2, 0.25) is 0 Å². The van der Waals surface area contributed by atoms with Crippen LogP contribution >= 0.6 is 0 Å². The van der Waals surface area contributed by atoms with E-state index < -0.39 is 55.4 Å². The molecule has 1 rings (SSSR count). The number of carbonyl (C=O) groups is 2. The molecule has 2 unspecified atom stereocenters. The molecule has 0 spiro atoms. The number of aliphatic hydroxyl groups excluding tert-OH is 4. The predicted octanol–water partition coefficient (Wildman–Crippen LogP) is 15.0. The second-order valence-electron chi connectivity index (χ2n) is 20.8. The Morgan fingerprint density at radius 2 is 0.783 bits per heavy atom. The van der Waals surface area contributed by atoms with Crippen molar-refractivity contribution in [3.63, 3.8) is 0 Å². The Morgan fingerprint density at radius 3 is 1.17 bits per heavy atom. The first kappa shape index (κ1) is 65.5. The van der Waals surface area contributed by atoms with Crippen molar-refractivity contribution in [3.8, 4) is 0 Å². The molecule has 0 aromatic heterocycles. The number of unbranched alkanes of at least 4 members (excludes halogenated alkanes) is 39. The summed E-state index contributed by atoms with van der Waals surface area (Å²) < 4.78 is 22.3. The Labute approximate surface area is 424 Å². The van der Waals surface area contributed by atoms with Gasteiger partial charge in [0.05, 0.1) is 13.2 Å². The van der Waals surface area contributed by atoms with E-state index >= 15 is 0 Å². The fourth-order valence-electron chi connectivity index (χ4n) is 9.49. The first-order valence-electron chi connectivity index (χ1n) is 29.8. The molecule has 1 heterocycles. The van der Waals surface area contributed by atoms with Gasteiger partial charge in [-0.2, -0.15) is 0 Å². The molecular formula is C59H112O10. The Balaban J connectivity index is 2.19. The highest BCUT2D eigenvalue weighted by molar-refractivity contribution is 5.70. The van der Waals surface area contributed by atoms with E-state index in [0.717, 1.165) is 32.1 Å². The standard InChI is InChI=1S/C59H112O10/c1-3-5-7-9-11-13-15-17-19-21-23-25-26-28-29-31-33-35-37-39-41-43-45-47-54(61)66-50-52(51-67-59-58(65)57(64)56(63)53(49-60)69-59)68-55(62)48-46-44-42-40-38-36-34-32-30-27-24-22-20-18-16-14-12-10-8-6-4-2/h39,41,52-53,56-60,63-65H,3-38,40,42-51H2,1-2H3/b41-39+/t52-,53-,56+,57?,58?,59-/m0/s1. The van der Waals surface area contributed by atoms with Gasteiger partial charge in [-0.05, 0) is 32.1 Å². The Kier molecular flexibility index (Phi) is 47.4. The van der Waals surface area contributed by atoms with Gasteiger partial charge >= 0.3 is 11.9 Å². The van der Waals surface area contributed by atoms with Crippen LogP contribution in [0.3, 0.4) is 0 Å². The van der Waals surface area contributed by atoms with Crippen molar-refractivity contribution in [1.82, 2.24) is 0 Å². The molecule has 10 heteroatoms. The fraction of sp³-hybridized carbons (Fsp3) is 0.932. The summed E-state index contributed by atoms with van der Waals surface area (Å²) in [6, 6.07) is 0. The molecule has 0 aliphatic carbocycles. The average Bonchev–Trinajstić information content (AvgIpc) is 3.35. The molecule has 0 aromatic carbocycles. The maximum atomic E-state index is 12.9. The molecule has 1 fully saturated rings. The van der Waals surface area contributed by atoms with Crippen LogP contribution in [0.25, 0.3) is 0 Å². The molecule has 4 N–H and O–H groups in total. The normalized spacial score (nSPS) is 18.8. The summed E-state index contributed by atoms with van der Waals surface area (Å²) >= 11 is 0. The lowest BCUT2D eigenvalue weighted by molar-refractivity contribution is -0.305. The van der Waals surface area contributed by atoms with Gasteiger partial charge in [-0.25, -0.2) is 0 Å². The molecular weight excluding hydrogens is 869 g/mol. The molecule has 1 saturated heterocycles. The van der Waals surface area contributed by atoms with Gasteiger partial charge < -0.3 is 39.4 Å². The monoisotopic (exact) mass is 981 g/mol.